The van der Waals surface area contributed by atoms with Crippen molar-refractivity contribution in [2.45, 2.75) is 0 Å². The Balaban J connectivity index is 1.94. The van der Waals surface area contributed by atoms with Gasteiger partial charge in [-0.2, -0.15) is 0 Å². The predicted molar refractivity (Wildman–Crippen MR) is 76.7 cm³/mol. The zero-order valence-electron chi connectivity index (χ0n) is 10.7. The fourth-order valence-corrected chi connectivity index (χ4v) is 2.04. The second kappa shape index (κ2) is 5.48. The van der Waals surface area contributed by atoms with Gasteiger partial charge in [-0.1, -0.05) is 35.5 Å². The fourth-order valence-electron chi connectivity index (χ4n) is 2.04. The standard InChI is InChI=1S/C16H13NO3/c18-17-10-12-9-13-5-4-8-15(16(13)19-11-12)20-14-6-2-1-3-7-14/h1-10,18H,11H2. The van der Waals surface area contributed by atoms with E-state index in [9.17, 15) is 0 Å². The molecule has 1 aliphatic rings. The predicted octanol–water partition coefficient (Wildman–Crippen LogP) is 3.71. The van der Waals surface area contributed by atoms with Crippen LogP contribution >= 0.6 is 0 Å². The molecule has 20 heavy (non-hydrogen) atoms. The lowest BCUT2D eigenvalue weighted by atomic mass is 10.1. The summed E-state index contributed by atoms with van der Waals surface area (Å²) in [6.45, 7) is 0.353. The maximum atomic E-state index is 8.56. The van der Waals surface area contributed by atoms with Crippen LogP contribution in [0.4, 0.5) is 0 Å². The summed E-state index contributed by atoms with van der Waals surface area (Å²) in [4.78, 5) is 0. The van der Waals surface area contributed by atoms with Crippen molar-refractivity contribution in [3.05, 3.63) is 59.7 Å². The zero-order chi connectivity index (χ0) is 13.8. The third-order valence-electron chi connectivity index (χ3n) is 2.93. The van der Waals surface area contributed by atoms with Gasteiger partial charge in [0.1, 0.15) is 12.4 Å². The minimum Gasteiger partial charge on any atom is -0.484 e. The first-order chi connectivity index (χ1) is 9.86. The van der Waals surface area contributed by atoms with Gasteiger partial charge in [-0.15, -0.1) is 0 Å². The summed E-state index contributed by atoms with van der Waals surface area (Å²) < 4.78 is 11.5. The molecule has 0 radical (unpaired) electrons. The monoisotopic (exact) mass is 267 g/mol. The van der Waals surface area contributed by atoms with E-state index in [0.717, 1.165) is 16.9 Å². The Morgan fingerprint density at radius 1 is 1.10 bits per heavy atom. The van der Waals surface area contributed by atoms with Crippen molar-refractivity contribution in [3.8, 4) is 17.2 Å². The molecule has 1 N–H and O–H groups in total. The van der Waals surface area contributed by atoms with Gasteiger partial charge < -0.3 is 14.7 Å². The van der Waals surface area contributed by atoms with Crippen molar-refractivity contribution < 1.29 is 14.7 Å². The molecule has 1 aliphatic heterocycles. The van der Waals surface area contributed by atoms with Gasteiger partial charge in [0.2, 0.25) is 0 Å². The first kappa shape index (κ1) is 12.3. The number of nitrogens with zero attached hydrogens (tertiary/aromatic N) is 1. The van der Waals surface area contributed by atoms with Gasteiger partial charge in [0.25, 0.3) is 0 Å². The van der Waals surface area contributed by atoms with Crippen LogP contribution in [-0.4, -0.2) is 18.0 Å². The molecule has 0 fully saturated rings. The van der Waals surface area contributed by atoms with E-state index in [1.54, 1.807) is 0 Å². The number of rotatable bonds is 3. The molecule has 0 saturated heterocycles. The van der Waals surface area contributed by atoms with Crippen molar-refractivity contribution >= 4 is 12.3 Å². The maximum Gasteiger partial charge on any atom is 0.169 e. The Labute approximate surface area is 116 Å². The first-order valence-corrected chi connectivity index (χ1v) is 6.23. The van der Waals surface area contributed by atoms with Crippen LogP contribution in [0.25, 0.3) is 6.08 Å². The van der Waals surface area contributed by atoms with Gasteiger partial charge in [-0.25, -0.2) is 0 Å². The van der Waals surface area contributed by atoms with Crippen LogP contribution in [0.2, 0.25) is 0 Å². The number of hydrogen-bond acceptors (Lipinski definition) is 4. The van der Waals surface area contributed by atoms with Gasteiger partial charge in [-0.3, -0.25) is 0 Å². The summed E-state index contributed by atoms with van der Waals surface area (Å²) in [6, 6.07) is 15.2. The number of benzene rings is 2. The smallest absolute Gasteiger partial charge is 0.169 e. The molecule has 100 valence electrons. The molecular formula is C16H13NO3. The quantitative estimate of drug-likeness (QED) is 0.524. The van der Waals surface area contributed by atoms with Crippen molar-refractivity contribution in [2.75, 3.05) is 6.61 Å². The highest BCUT2D eigenvalue weighted by Crippen LogP contribution is 2.37. The topological polar surface area (TPSA) is 51.1 Å². The second-order valence-corrected chi connectivity index (χ2v) is 4.34. The van der Waals surface area contributed by atoms with Crippen molar-refractivity contribution in [1.29, 1.82) is 0 Å². The molecule has 3 rings (SSSR count). The normalized spacial score (nSPS) is 13.5. The van der Waals surface area contributed by atoms with Crippen LogP contribution < -0.4 is 9.47 Å². The third-order valence-corrected chi connectivity index (χ3v) is 2.93. The van der Waals surface area contributed by atoms with E-state index in [4.69, 9.17) is 14.7 Å². The van der Waals surface area contributed by atoms with Crippen molar-refractivity contribution in [3.63, 3.8) is 0 Å². The van der Waals surface area contributed by atoms with Crippen molar-refractivity contribution in [1.82, 2.24) is 0 Å². The molecule has 0 aromatic heterocycles. The third kappa shape index (κ3) is 2.49. The van der Waals surface area contributed by atoms with Crippen LogP contribution in [0.3, 0.4) is 0 Å². The number of fused-ring (bicyclic) bond motifs is 1. The molecular weight excluding hydrogens is 254 g/mol. The minimum atomic E-state index is 0.353. The SMILES string of the molecule is ON=CC1=Cc2cccc(Oc3ccccc3)c2OC1. The Hall–Kier alpha value is -2.75. The van der Waals surface area contributed by atoms with Gasteiger partial charge in [-0.05, 0) is 24.3 Å². The maximum absolute atomic E-state index is 8.56. The summed E-state index contributed by atoms with van der Waals surface area (Å²) >= 11 is 0. The van der Waals surface area contributed by atoms with E-state index in [1.165, 1.54) is 6.21 Å². The zero-order valence-corrected chi connectivity index (χ0v) is 10.7. The van der Waals surface area contributed by atoms with Crippen LogP contribution in [0.1, 0.15) is 5.56 Å². The summed E-state index contributed by atoms with van der Waals surface area (Å²) in [7, 11) is 0. The van der Waals surface area contributed by atoms with E-state index in [1.807, 2.05) is 54.6 Å². The van der Waals surface area contributed by atoms with Gasteiger partial charge in [0, 0.05) is 11.1 Å². The second-order valence-electron chi connectivity index (χ2n) is 4.34. The van der Waals surface area contributed by atoms with E-state index < -0.39 is 0 Å². The highest BCUT2D eigenvalue weighted by atomic mass is 16.5. The van der Waals surface area contributed by atoms with Gasteiger partial charge in [0.05, 0.1) is 6.21 Å². The molecule has 1 heterocycles. The van der Waals surface area contributed by atoms with Crippen molar-refractivity contribution in [2.24, 2.45) is 5.16 Å². The number of oxime groups is 1. The summed E-state index contributed by atoms with van der Waals surface area (Å²) in [5.74, 6) is 2.13. The highest BCUT2D eigenvalue weighted by molar-refractivity contribution is 5.87. The molecule has 4 nitrogen and oxygen atoms in total. The van der Waals surface area contributed by atoms with E-state index in [-0.39, 0.29) is 0 Å². The highest BCUT2D eigenvalue weighted by Gasteiger charge is 2.15. The number of ether oxygens (including phenoxy) is 2. The van der Waals surface area contributed by atoms with Crippen LogP contribution in [0, 0.1) is 0 Å². The van der Waals surface area contributed by atoms with E-state index >= 15 is 0 Å². The van der Waals surface area contributed by atoms with Crippen LogP contribution in [0.15, 0.2) is 59.3 Å². The Bertz CT molecular complexity index is 663. The Morgan fingerprint density at radius 3 is 2.75 bits per heavy atom. The van der Waals surface area contributed by atoms with E-state index in [0.29, 0.717) is 18.1 Å². The lowest BCUT2D eigenvalue weighted by Crippen LogP contribution is -2.09. The van der Waals surface area contributed by atoms with Crippen LogP contribution in [0.5, 0.6) is 17.2 Å². The molecule has 4 heteroatoms. The summed E-state index contributed by atoms with van der Waals surface area (Å²) in [5.41, 5.74) is 1.71. The molecule has 2 aromatic rings. The molecule has 0 bridgehead atoms. The molecule has 0 saturated carbocycles. The molecule has 0 aliphatic carbocycles. The Morgan fingerprint density at radius 2 is 1.95 bits per heavy atom. The van der Waals surface area contributed by atoms with Gasteiger partial charge >= 0.3 is 0 Å². The molecule has 2 aromatic carbocycles. The van der Waals surface area contributed by atoms with Gasteiger partial charge in [0.15, 0.2) is 11.5 Å². The minimum absolute atomic E-state index is 0.353. The average molecular weight is 267 g/mol. The first-order valence-electron chi connectivity index (χ1n) is 6.23. The molecule has 0 unspecified atom stereocenters. The molecule has 0 atom stereocenters. The van der Waals surface area contributed by atoms with E-state index in [2.05, 4.69) is 5.16 Å². The lowest BCUT2D eigenvalue weighted by Gasteiger charge is -2.19. The summed E-state index contributed by atoms with van der Waals surface area (Å²) in [5, 5.41) is 11.6. The lowest BCUT2D eigenvalue weighted by molar-refractivity contribution is 0.316. The summed E-state index contributed by atoms with van der Waals surface area (Å²) in [6.07, 6.45) is 3.28. The van der Waals surface area contributed by atoms with Crippen LogP contribution in [-0.2, 0) is 0 Å². The largest absolute Gasteiger partial charge is 0.484 e. The number of para-hydroxylation sites is 2. The average Bonchev–Trinajstić information content (AvgIpc) is 2.49. The fraction of sp³-hybridized carbons (Fsp3) is 0.0625. The Kier molecular flexibility index (Phi) is 3.37. The molecule has 0 spiro atoms. The molecule has 0 amide bonds. The number of hydrogen-bond donors (Lipinski definition) is 1.